The van der Waals surface area contributed by atoms with E-state index in [1.54, 1.807) is 0 Å². The predicted molar refractivity (Wildman–Crippen MR) is 116 cm³/mol. The lowest BCUT2D eigenvalue weighted by Gasteiger charge is -2.35. The fourth-order valence-corrected chi connectivity index (χ4v) is 5.00. The van der Waals surface area contributed by atoms with Crippen LogP contribution in [0.25, 0.3) is 0 Å². The van der Waals surface area contributed by atoms with E-state index in [2.05, 4.69) is 38.9 Å². The summed E-state index contributed by atoms with van der Waals surface area (Å²) in [6, 6.07) is 8.85. The van der Waals surface area contributed by atoms with Gasteiger partial charge in [-0.05, 0) is 37.1 Å². The van der Waals surface area contributed by atoms with E-state index in [1.165, 1.54) is 19.3 Å². The lowest BCUT2D eigenvalue weighted by molar-refractivity contribution is 0.0170. The molecule has 0 amide bonds. The van der Waals surface area contributed by atoms with Crippen molar-refractivity contribution in [3.05, 3.63) is 34.9 Å². The average Bonchev–Trinajstić information content (AvgIpc) is 3.17. The highest BCUT2D eigenvalue weighted by Crippen LogP contribution is 2.29. The topological polar surface area (TPSA) is 48.9 Å². The third-order valence-electron chi connectivity index (χ3n) is 5.50. The van der Waals surface area contributed by atoms with Crippen LogP contribution in [-0.4, -0.2) is 68.3 Å². The summed E-state index contributed by atoms with van der Waals surface area (Å²) in [7, 11) is 1.84. The van der Waals surface area contributed by atoms with Gasteiger partial charge in [-0.25, -0.2) is 0 Å². The second-order valence-corrected chi connectivity index (χ2v) is 8.70. The van der Waals surface area contributed by atoms with Gasteiger partial charge in [-0.3, -0.25) is 9.89 Å². The van der Waals surface area contributed by atoms with Crippen molar-refractivity contribution in [1.29, 1.82) is 0 Å². The van der Waals surface area contributed by atoms with E-state index in [0.29, 0.717) is 6.04 Å². The zero-order valence-corrected chi connectivity index (χ0v) is 17.9. The van der Waals surface area contributed by atoms with Gasteiger partial charge in [-0.1, -0.05) is 29.8 Å². The Morgan fingerprint density at radius 2 is 2.11 bits per heavy atom. The van der Waals surface area contributed by atoms with Crippen LogP contribution in [0.3, 0.4) is 0 Å². The lowest BCUT2D eigenvalue weighted by Crippen LogP contribution is -2.48. The Balaban J connectivity index is 1.63. The fraction of sp³-hybridized carbons (Fsp3) is 0.650. The largest absolute Gasteiger partial charge is 0.379 e. The fourth-order valence-electron chi connectivity index (χ4n) is 3.94. The number of aliphatic imine (C=N–C) groups is 1. The minimum atomic E-state index is 0.198. The van der Waals surface area contributed by atoms with Crippen molar-refractivity contribution >= 4 is 29.3 Å². The summed E-state index contributed by atoms with van der Waals surface area (Å²) in [5, 5.41) is 8.73. The predicted octanol–water partition coefficient (Wildman–Crippen LogP) is 3.16. The van der Waals surface area contributed by atoms with Crippen LogP contribution in [0.2, 0.25) is 5.02 Å². The van der Waals surface area contributed by atoms with Crippen molar-refractivity contribution < 1.29 is 4.74 Å². The van der Waals surface area contributed by atoms with E-state index in [0.717, 1.165) is 54.6 Å². The first-order valence-electron chi connectivity index (χ1n) is 9.77. The molecule has 3 rings (SSSR count). The van der Waals surface area contributed by atoms with Crippen LogP contribution in [0.1, 0.15) is 30.9 Å². The first-order valence-corrected chi connectivity index (χ1v) is 11.4. The van der Waals surface area contributed by atoms with Crippen molar-refractivity contribution in [1.82, 2.24) is 15.5 Å². The number of morpholine rings is 1. The van der Waals surface area contributed by atoms with Crippen LogP contribution in [-0.2, 0) is 4.74 Å². The summed E-state index contributed by atoms with van der Waals surface area (Å²) in [5.41, 5.74) is 1.16. The summed E-state index contributed by atoms with van der Waals surface area (Å²) in [4.78, 5) is 6.90. The van der Waals surface area contributed by atoms with Crippen molar-refractivity contribution in [2.75, 3.05) is 46.2 Å². The van der Waals surface area contributed by atoms with Gasteiger partial charge >= 0.3 is 0 Å². The molecule has 27 heavy (non-hydrogen) atoms. The van der Waals surface area contributed by atoms with Crippen LogP contribution in [0.15, 0.2) is 29.3 Å². The van der Waals surface area contributed by atoms with E-state index in [4.69, 9.17) is 16.3 Å². The molecule has 1 aliphatic heterocycles. The van der Waals surface area contributed by atoms with Gasteiger partial charge in [0.2, 0.25) is 0 Å². The molecule has 2 N–H and O–H groups in total. The Morgan fingerprint density at radius 3 is 2.78 bits per heavy atom. The molecule has 1 saturated heterocycles. The van der Waals surface area contributed by atoms with Gasteiger partial charge in [0.15, 0.2) is 5.96 Å². The summed E-state index contributed by atoms with van der Waals surface area (Å²) in [6.07, 6.45) is 5.91. The average molecular weight is 411 g/mol. The van der Waals surface area contributed by atoms with Gasteiger partial charge in [-0.15, -0.1) is 0 Å². The summed E-state index contributed by atoms with van der Waals surface area (Å²) in [5.74, 6) is 0.882. The van der Waals surface area contributed by atoms with Crippen LogP contribution in [0.5, 0.6) is 0 Å². The number of benzene rings is 1. The van der Waals surface area contributed by atoms with Gasteiger partial charge in [-0.2, -0.15) is 11.8 Å². The molecule has 7 heteroatoms. The second-order valence-electron chi connectivity index (χ2n) is 7.15. The summed E-state index contributed by atoms with van der Waals surface area (Å²) in [6.45, 7) is 4.14. The Labute approximate surface area is 172 Å². The van der Waals surface area contributed by atoms with Gasteiger partial charge in [0.1, 0.15) is 0 Å². The quantitative estimate of drug-likeness (QED) is 0.557. The van der Waals surface area contributed by atoms with Crippen LogP contribution < -0.4 is 10.6 Å². The minimum Gasteiger partial charge on any atom is -0.379 e. The number of nitrogens with one attached hydrogen (secondary N) is 2. The molecule has 3 unspecified atom stereocenters. The molecule has 1 aliphatic carbocycles. The smallest absolute Gasteiger partial charge is 0.191 e. The van der Waals surface area contributed by atoms with Gasteiger partial charge in [0.05, 0.1) is 19.3 Å². The van der Waals surface area contributed by atoms with Gasteiger partial charge in [0.25, 0.3) is 0 Å². The zero-order chi connectivity index (χ0) is 19.1. The Kier molecular flexibility index (Phi) is 8.12. The van der Waals surface area contributed by atoms with Crippen LogP contribution >= 0.6 is 23.4 Å². The molecule has 3 atom stereocenters. The van der Waals surface area contributed by atoms with E-state index in [9.17, 15) is 0 Å². The minimum absolute atomic E-state index is 0.198. The zero-order valence-electron chi connectivity index (χ0n) is 16.3. The molecule has 1 heterocycles. The molecule has 0 radical (unpaired) electrons. The molecule has 150 valence electrons. The summed E-state index contributed by atoms with van der Waals surface area (Å²) >= 11 is 8.50. The van der Waals surface area contributed by atoms with E-state index in [-0.39, 0.29) is 6.04 Å². The van der Waals surface area contributed by atoms with E-state index in [1.807, 2.05) is 30.9 Å². The monoisotopic (exact) mass is 410 g/mol. The second kappa shape index (κ2) is 10.6. The number of thioether (sulfide) groups is 1. The standard InChI is InChI=1S/C20H31ClN4OS/c1-22-20(24-15-7-8-16(13-15)27-2)23-14-19(25-9-11-26-12-10-25)17-5-3-4-6-18(17)21/h3-6,15-16,19H,7-14H2,1-2H3,(H2,22,23,24). The molecule has 1 aromatic rings. The van der Waals surface area contributed by atoms with Crippen LogP contribution in [0, 0.1) is 0 Å². The number of hydrogen-bond donors (Lipinski definition) is 2. The first-order chi connectivity index (χ1) is 13.2. The van der Waals surface area contributed by atoms with E-state index >= 15 is 0 Å². The molecular formula is C20H31ClN4OS. The molecule has 1 aromatic carbocycles. The molecule has 0 spiro atoms. The van der Waals surface area contributed by atoms with Gasteiger partial charge < -0.3 is 15.4 Å². The molecule has 2 aliphatic rings. The van der Waals surface area contributed by atoms with Crippen molar-refractivity contribution in [2.24, 2.45) is 4.99 Å². The third-order valence-corrected chi connectivity index (χ3v) is 6.93. The van der Waals surface area contributed by atoms with Crippen LogP contribution in [0.4, 0.5) is 0 Å². The molecular weight excluding hydrogens is 380 g/mol. The molecule has 1 saturated carbocycles. The number of hydrogen-bond acceptors (Lipinski definition) is 4. The molecule has 5 nitrogen and oxygen atoms in total. The highest BCUT2D eigenvalue weighted by Gasteiger charge is 2.27. The Morgan fingerprint density at radius 1 is 1.33 bits per heavy atom. The first kappa shape index (κ1) is 20.8. The summed E-state index contributed by atoms with van der Waals surface area (Å²) < 4.78 is 5.54. The maximum absolute atomic E-state index is 6.52. The van der Waals surface area contributed by atoms with Gasteiger partial charge in [0, 0.05) is 43.0 Å². The molecule has 2 fully saturated rings. The highest BCUT2D eigenvalue weighted by atomic mass is 35.5. The highest BCUT2D eigenvalue weighted by molar-refractivity contribution is 7.99. The maximum Gasteiger partial charge on any atom is 0.191 e. The maximum atomic E-state index is 6.52. The number of rotatable bonds is 6. The lowest BCUT2D eigenvalue weighted by atomic mass is 10.0. The molecule has 0 bridgehead atoms. The SMILES string of the molecule is CN=C(NCC(c1ccccc1Cl)N1CCOCC1)NC1CCC(SC)C1. The third kappa shape index (κ3) is 5.76. The number of nitrogens with zero attached hydrogens (tertiary/aromatic N) is 2. The van der Waals surface area contributed by atoms with E-state index < -0.39 is 0 Å². The number of guanidine groups is 1. The van der Waals surface area contributed by atoms with Crippen molar-refractivity contribution in [2.45, 2.75) is 36.6 Å². The number of halogens is 1. The van der Waals surface area contributed by atoms with Crippen molar-refractivity contribution in [3.8, 4) is 0 Å². The number of ether oxygens (including phenoxy) is 1. The Hall–Kier alpha value is -0.950. The molecule has 0 aromatic heterocycles. The Bertz CT molecular complexity index is 624. The normalized spacial score (nSPS) is 25.4. The van der Waals surface area contributed by atoms with Crippen molar-refractivity contribution in [3.63, 3.8) is 0 Å².